The summed E-state index contributed by atoms with van der Waals surface area (Å²) >= 11 is 1.50. The Morgan fingerprint density at radius 2 is 2.37 bits per heavy atom. The Balaban J connectivity index is 1.86. The summed E-state index contributed by atoms with van der Waals surface area (Å²) in [5.74, 6) is 0.135. The molecule has 7 heteroatoms. The molecule has 0 aliphatic carbocycles. The topological polar surface area (TPSA) is 71.3 Å². The van der Waals surface area contributed by atoms with Crippen LogP contribution in [0.4, 0.5) is 0 Å². The van der Waals surface area contributed by atoms with Crippen molar-refractivity contribution in [1.29, 1.82) is 0 Å². The standard InChI is InChI=1S/C12H16N4O2S/c1-16(2)7-4-6-13-11(17)12-14-10(15-18-12)9-5-3-8-19-9/h3,5,8H,4,6-7H2,1-2H3,(H,13,17). The average Bonchev–Trinajstić information content (AvgIpc) is 3.03. The number of aromatic nitrogens is 2. The van der Waals surface area contributed by atoms with Gasteiger partial charge in [-0.2, -0.15) is 4.98 Å². The van der Waals surface area contributed by atoms with Gasteiger partial charge in [0.05, 0.1) is 4.88 Å². The van der Waals surface area contributed by atoms with Gasteiger partial charge in [-0.15, -0.1) is 11.3 Å². The summed E-state index contributed by atoms with van der Waals surface area (Å²) in [7, 11) is 3.99. The molecule has 2 heterocycles. The summed E-state index contributed by atoms with van der Waals surface area (Å²) in [6, 6.07) is 3.78. The van der Waals surface area contributed by atoms with E-state index in [1.54, 1.807) is 0 Å². The molecule has 2 rings (SSSR count). The van der Waals surface area contributed by atoms with Gasteiger partial charge in [-0.25, -0.2) is 0 Å². The van der Waals surface area contributed by atoms with Crippen LogP contribution in [0.3, 0.4) is 0 Å². The van der Waals surface area contributed by atoms with Gasteiger partial charge in [-0.05, 0) is 38.5 Å². The van der Waals surface area contributed by atoms with Crippen molar-refractivity contribution in [2.45, 2.75) is 6.42 Å². The lowest BCUT2D eigenvalue weighted by atomic mass is 10.4. The molecule has 0 bridgehead atoms. The van der Waals surface area contributed by atoms with Crippen molar-refractivity contribution >= 4 is 17.2 Å². The van der Waals surface area contributed by atoms with Crippen LogP contribution in [0.15, 0.2) is 22.0 Å². The number of amides is 1. The number of carbonyl (C=O) groups excluding carboxylic acids is 1. The maximum absolute atomic E-state index is 11.8. The summed E-state index contributed by atoms with van der Waals surface area (Å²) < 4.78 is 4.95. The van der Waals surface area contributed by atoms with Gasteiger partial charge in [-0.3, -0.25) is 4.79 Å². The third-order valence-corrected chi connectivity index (χ3v) is 3.30. The monoisotopic (exact) mass is 280 g/mol. The molecular formula is C12H16N4O2S. The summed E-state index contributed by atoms with van der Waals surface area (Å²) in [6.07, 6.45) is 0.880. The Morgan fingerprint density at radius 3 is 3.05 bits per heavy atom. The minimum atomic E-state index is -0.325. The molecule has 0 atom stereocenters. The Kier molecular flexibility index (Phi) is 4.64. The quantitative estimate of drug-likeness (QED) is 0.812. The highest BCUT2D eigenvalue weighted by Crippen LogP contribution is 2.21. The SMILES string of the molecule is CN(C)CCCNC(=O)c1nc(-c2cccs2)no1. The average molecular weight is 280 g/mol. The first-order chi connectivity index (χ1) is 9.16. The number of hydrogen-bond donors (Lipinski definition) is 1. The zero-order valence-electron chi connectivity index (χ0n) is 10.9. The summed E-state index contributed by atoms with van der Waals surface area (Å²) in [5.41, 5.74) is 0. The summed E-state index contributed by atoms with van der Waals surface area (Å²) in [5, 5.41) is 8.47. The molecule has 0 saturated heterocycles. The molecule has 2 aromatic rings. The second-order valence-corrected chi connectivity index (χ2v) is 5.26. The van der Waals surface area contributed by atoms with Crippen molar-refractivity contribution in [3.05, 3.63) is 23.4 Å². The van der Waals surface area contributed by atoms with Crippen LogP contribution < -0.4 is 5.32 Å². The van der Waals surface area contributed by atoms with E-state index in [9.17, 15) is 4.79 Å². The molecule has 6 nitrogen and oxygen atoms in total. The highest BCUT2D eigenvalue weighted by molar-refractivity contribution is 7.13. The maximum Gasteiger partial charge on any atom is 0.316 e. The van der Waals surface area contributed by atoms with Crippen LogP contribution in [0.1, 0.15) is 17.1 Å². The minimum absolute atomic E-state index is 0.00764. The van der Waals surface area contributed by atoms with Gasteiger partial charge in [0.15, 0.2) is 0 Å². The van der Waals surface area contributed by atoms with Crippen molar-refractivity contribution < 1.29 is 9.32 Å². The third-order valence-electron chi connectivity index (χ3n) is 2.43. The van der Waals surface area contributed by atoms with Crippen molar-refractivity contribution in [1.82, 2.24) is 20.4 Å². The van der Waals surface area contributed by atoms with Gasteiger partial charge in [0, 0.05) is 6.54 Å². The molecule has 19 heavy (non-hydrogen) atoms. The van der Waals surface area contributed by atoms with Crippen LogP contribution in [0.25, 0.3) is 10.7 Å². The van der Waals surface area contributed by atoms with Crippen LogP contribution in [0.5, 0.6) is 0 Å². The van der Waals surface area contributed by atoms with Gasteiger partial charge in [0.1, 0.15) is 0 Å². The number of nitrogens with one attached hydrogen (secondary N) is 1. The molecule has 0 spiro atoms. The zero-order chi connectivity index (χ0) is 13.7. The zero-order valence-corrected chi connectivity index (χ0v) is 11.7. The van der Waals surface area contributed by atoms with Crippen molar-refractivity contribution in [3.8, 4) is 10.7 Å². The van der Waals surface area contributed by atoms with Crippen LogP contribution in [0, 0.1) is 0 Å². The second-order valence-electron chi connectivity index (χ2n) is 4.31. The largest absolute Gasteiger partial charge is 0.348 e. The van der Waals surface area contributed by atoms with Gasteiger partial charge < -0.3 is 14.7 Å². The predicted octanol–water partition coefficient (Wildman–Crippen LogP) is 1.48. The molecule has 0 fully saturated rings. The van der Waals surface area contributed by atoms with E-state index >= 15 is 0 Å². The van der Waals surface area contributed by atoms with Gasteiger partial charge in [0.25, 0.3) is 0 Å². The fraction of sp³-hybridized carbons (Fsp3) is 0.417. The molecule has 0 saturated carbocycles. The molecule has 0 unspecified atom stereocenters. The Hall–Kier alpha value is -1.73. The lowest BCUT2D eigenvalue weighted by Gasteiger charge is -2.08. The van der Waals surface area contributed by atoms with Crippen LogP contribution in [-0.4, -0.2) is 48.1 Å². The Bertz CT molecular complexity index is 522. The minimum Gasteiger partial charge on any atom is -0.348 e. The smallest absolute Gasteiger partial charge is 0.316 e. The lowest BCUT2D eigenvalue weighted by Crippen LogP contribution is -2.27. The van der Waals surface area contributed by atoms with E-state index in [4.69, 9.17) is 4.52 Å². The van der Waals surface area contributed by atoms with Gasteiger partial charge >= 0.3 is 11.8 Å². The molecule has 2 aromatic heterocycles. The normalized spacial score (nSPS) is 10.9. The van der Waals surface area contributed by atoms with E-state index in [0.717, 1.165) is 17.8 Å². The van der Waals surface area contributed by atoms with E-state index in [-0.39, 0.29) is 11.8 Å². The first kappa shape index (κ1) is 13.7. The van der Waals surface area contributed by atoms with Gasteiger partial charge in [0.2, 0.25) is 5.82 Å². The number of thiophene rings is 1. The molecule has 1 amide bonds. The predicted molar refractivity (Wildman–Crippen MR) is 73.1 cm³/mol. The second kappa shape index (κ2) is 6.44. The molecule has 102 valence electrons. The summed E-state index contributed by atoms with van der Waals surface area (Å²) in [4.78, 5) is 18.8. The molecule has 0 aromatic carbocycles. The highest BCUT2D eigenvalue weighted by atomic mass is 32.1. The molecule has 0 aliphatic heterocycles. The number of hydrogen-bond acceptors (Lipinski definition) is 6. The molecule has 0 aliphatic rings. The first-order valence-corrected chi connectivity index (χ1v) is 6.85. The maximum atomic E-state index is 11.8. The highest BCUT2D eigenvalue weighted by Gasteiger charge is 2.15. The number of rotatable bonds is 6. The van der Waals surface area contributed by atoms with Crippen molar-refractivity contribution in [3.63, 3.8) is 0 Å². The van der Waals surface area contributed by atoms with Gasteiger partial charge in [-0.1, -0.05) is 11.2 Å². The number of nitrogens with zero attached hydrogens (tertiary/aromatic N) is 3. The van der Waals surface area contributed by atoms with E-state index in [1.165, 1.54) is 11.3 Å². The lowest BCUT2D eigenvalue weighted by molar-refractivity contribution is 0.0908. The molecule has 0 radical (unpaired) electrons. The van der Waals surface area contributed by atoms with Crippen LogP contribution in [-0.2, 0) is 0 Å². The van der Waals surface area contributed by atoms with E-state index in [0.29, 0.717) is 12.4 Å². The van der Waals surface area contributed by atoms with E-state index < -0.39 is 0 Å². The van der Waals surface area contributed by atoms with E-state index in [1.807, 2.05) is 31.6 Å². The van der Waals surface area contributed by atoms with E-state index in [2.05, 4.69) is 20.4 Å². The summed E-state index contributed by atoms with van der Waals surface area (Å²) in [6.45, 7) is 1.51. The fourth-order valence-corrected chi connectivity index (χ4v) is 2.14. The van der Waals surface area contributed by atoms with Crippen LogP contribution >= 0.6 is 11.3 Å². The molecule has 1 N–H and O–H groups in total. The first-order valence-electron chi connectivity index (χ1n) is 5.97. The molecular weight excluding hydrogens is 264 g/mol. The number of carbonyl (C=O) groups is 1. The Labute approximate surface area is 115 Å². The Morgan fingerprint density at radius 1 is 1.53 bits per heavy atom. The van der Waals surface area contributed by atoms with Crippen molar-refractivity contribution in [2.75, 3.05) is 27.2 Å². The third kappa shape index (κ3) is 3.87. The van der Waals surface area contributed by atoms with Crippen molar-refractivity contribution in [2.24, 2.45) is 0 Å². The fourth-order valence-electron chi connectivity index (χ4n) is 1.49. The van der Waals surface area contributed by atoms with Crippen LogP contribution in [0.2, 0.25) is 0 Å².